The van der Waals surface area contributed by atoms with Crippen LogP contribution in [-0.2, 0) is 10.9 Å². The van der Waals surface area contributed by atoms with Crippen LogP contribution in [0.1, 0.15) is 15.9 Å². The third-order valence-corrected chi connectivity index (χ3v) is 3.48. The van der Waals surface area contributed by atoms with Crippen LogP contribution < -0.4 is 15.4 Å². The number of carbonyl (C=O) groups excluding carboxylic acids is 1. The van der Waals surface area contributed by atoms with Gasteiger partial charge < -0.3 is 20.1 Å². The summed E-state index contributed by atoms with van der Waals surface area (Å²) in [6.45, 7) is 1.08. The fourth-order valence-electron chi connectivity index (χ4n) is 2.17. The van der Waals surface area contributed by atoms with E-state index in [0.29, 0.717) is 24.5 Å². The lowest BCUT2D eigenvalue weighted by Gasteiger charge is -2.14. The van der Waals surface area contributed by atoms with E-state index in [-0.39, 0.29) is 24.8 Å². The first-order valence-corrected chi connectivity index (χ1v) is 8.18. The molecule has 0 aliphatic carbocycles. The molecule has 0 aliphatic heterocycles. The minimum Gasteiger partial charge on any atom is -0.491 e. The number of hydrogen-bond donors (Lipinski definition) is 2. The molecule has 1 amide bonds. The van der Waals surface area contributed by atoms with Crippen LogP contribution in [0.5, 0.6) is 5.75 Å². The van der Waals surface area contributed by atoms with E-state index in [0.717, 1.165) is 6.07 Å². The van der Waals surface area contributed by atoms with E-state index in [2.05, 4.69) is 15.6 Å². The lowest BCUT2D eigenvalue weighted by molar-refractivity contribution is -0.138. The molecule has 146 valence electrons. The molecule has 6 nitrogen and oxygen atoms in total. The van der Waals surface area contributed by atoms with Gasteiger partial charge in [-0.05, 0) is 24.3 Å². The molecule has 0 atom stereocenters. The van der Waals surface area contributed by atoms with Gasteiger partial charge in [0, 0.05) is 19.9 Å². The fraction of sp³-hybridized carbons (Fsp3) is 0.333. The molecule has 0 bridgehead atoms. The quantitative estimate of drug-likeness (QED) is 0.652. The molecule has 0 aliphatic rings. The van der Waals surface area contributed by atoms with E-state index in [1.54, 1.807) is 19.2 Å². The van der Waals surface area contributed by atoms with Crippen molar-refractivity contribution in [2.75, 3.05) is 38.7 Å². The number of para-hydroxylation sites is 1. The van der Waals surface area contributed by atoms with E-state index >= 15 is 0 Å². The number of halogens is 3. The van der Waals surface area contributed by atoms with E-state index in [4.69, 9.17) is 9.47 Å². The van der Waals surface area contributed by atoms with Crippen molar-refractivity contribution in [1.29, 1.82) is 0 Å². The van der Waals surface area contributed by atoms with Gasteiger partial charge in [-0.2, -0.15) is 13.2 Å². The number of nitrogens with zero attached hydrogens (tertiary/aromatic N) is 1. The summed E-state index contributed by atoms with van der Waals surface area (Å²) >= 11 is 0. The third-order valence-electron chi connectivity index (χ3n) is 3.48. The van der Waals surface area contributed by atoms with Gasteiger partial charge >= 0.3 is 6.18 Å². The van der Waals surface area contributed by atoms with Gasteiger partial charge in [-0.15, -0.1) is 0 Å². The number of carbonyl (C=O) groups is 1. The molecule has 1 aromatic carbocycles. The number of hydrogen-bond acceptors (Lipinski definition) is 5. The van der Waals surface area contributed by atoms with Crippen LogP contribution >= 0.6 is 0 Å². The average molecular weight is 383 g/mol. The van der Waals surface area contributed by atoms with Crippen LogP contribution in [0.4, 0.5) is 19.0 Å². The summed E-state index contributed by atoms with van der Waals surface area (Å²) < 4.78 is 48.7. The minimum atomic E-state index is -4.47. The first-order chi connectivity index (χ1) is 12.9. The van der Waals surface area contributed by atoms with Crippen LogP contribution in [0, 0.1) is 0 Å². The number of alkyl halides is 3. The molecular formula is C18H20F3N3O3. The Hall–Kier alpha value is -2.81. The molecule has 0 radical (unpaired) electrons. The van der Waals surface area contributed by atoms with E-state index < -0.39 is 11.7 Å². The first kappa shape index (κ1) is 20.5. The van der Waals surface area contributed by atoms with Crippen LogP contribution in [-0.4, -0.2) is 44.3 Å². The van der Waals surface area contributed by atoms with E-state index in [1.165, 1.54) is 24.4 Å². The Bertz CT molecular complexity index is 737. The van der Waals surface area contributed by atoms with Gasteiger partial charge in [-0.1, -0.05) is 12.1 Å². The monoisotopic (exact) mass is 383 g/mol. The van der Waals surface area contributed by atoms with Crippen molar-refractivity contribution >= 4 is 11.7 Å². The number of amides is 1. The Kier molecular flexibility index (Phi) is 7.42. The Morgan fingerprint density at radius 1 is 1.11 bits per heavy atom. The number of ether oxygens (including phenoxy) is 2. The number of rotatable bonds is 9. The van der Waals surface area contributed by atoms with Gasteiger partial charge in [-0.3, -0.25) is 4.79 Å². The predicted molar refractivity (Wildman–Crippen MR) is 93.9 cm³/mol. The number of aromatic nitrogens is 1. The van der Waals surface area contributed by atoms with Crippen LogP contribution in [0.3, 0.4) is 0 Å². The van der Waals surface area contributed by atoms with Gasteiger partial charge in [0.25, 0.3) is 5.91 Å². The Labute approximate surface area is 154 Å². The Balaban J connectivity index is 1.80. The maximum atomic E-state index is 12.9. The predicted octanol–water partition coefficient (Wildman–Crippen LogP) is 2.97. The van der Waals surface area contributed by atoms with Crippen molar-refractivity contribution in [1.82, 2.24) is 10.3 Å². The smallest absolute Gasteiger partial charge is 0.419 e. The van der Waals surface area contributed by atoms with E-state index in [9.17, 15) is 18.0 Å². The highest BCUT2D eigenvalue weighted by Crippen LogP contribution is 2.35. The van der Waals surface area contributed by atoms with Gasteiger partial charge in [0.2, 0.25) is 0 Å². The second-order valence-corrected chi connectivity index (χ2v) is 5.45. The number of benzene rings is 1. The second-order valence-electron chi connectivity index (χ2n) is 5.45. The highest BCUT2D eigenvalue weighted by molar-refractivity contribution is 5.94. The molecule has 9 heteroatoms. The van der Waals surface area contributed by atoms with Crippen molar-refractivity contribution in [3.05, 3.63) is 53.7 Å². The molecule has 0 spiro atoms. The summed E-state index contributed by atoms with van der Waals surface area (Å²) in [4.78, 5) is 15.9. The van der Waals surface area contributed by atoms with Crippen molar-refractivity contribution in [2.45, 2.75) is 6.18 Å². The van der Waals surface area contributed by atoms with Crippen LogP contribution in [0.25, 0.3) is 0 Å². The summed E-state index contributed by atoms with van der Waals surface area (Å²) in [5.74, 6) is -0.00261. The maximum absolute atomic E-state index is 12.9. The van der Waals surface area contributed by atoms with Gasteiger partial charge in [0.1, 0.15) is 18.2 Å². The molecule has 1 heterocycles. The fourth-order valence-corrected chi connectivity index (χ4v) is 2.17. The summed E-state index contributed by atoms with van der Waals surface area (Å²) in [5, 5.41) is 5.59. The van der Waals surface area contributed by atoms with Gasteiger partial charge in [0.15, 0.2) is 0 Å². The highest BCUT2D eigenvalue weighted by atomic mass is 19.4. The molecule has 2 N–H and O–H groups in total. The second kappa shape index (κ2) is 9.77. The minimum absolute atomic E-state index is 0.0219. The normalized spacial score (nSPS) is 11.1. The van der Waals surface area contributed by atoms with E-state index in [1.807, 2.05) is 0 Å². The largest absolute Gasteiger partial charge is 0.491 e. The van der Waals surface area contributed by atoms with Crippen molar-refractivity contribution in [3.63, 3.8) is 0 Å². The third kappa shape index (κ3) is 6.45. The Morgan fingerprint density at radius 3 is 2.56 bits per heavy atom. The van der Waals surface area contributed by atoms with Crippen LogP contribution in [0.15, 0.2) is 42.6 Å². The molecular weight excluding hydrogens is 363 g/mol. The van der Waals surface area contributed by atoms with Gasteiger partial charge in [-0.25, -0.2) is 4.98 Å². The molecule has 1 aromatic heterocycles. The van der Waals surface area contributed by atoms with Crippen molar-refractivity contribution in [3.8, 4) is 5.75 Å². The summed E-state index contributed by atoms with van der Waals surface area (Å²) in [5.41, 5.74) is -0.418. The SMILES string of the molecule is COCCNC(=O)c1ccc(NCCOc2ccccc2C(F)(F)F)nc1. The Morgan fingerprint density at radius 2 is 1.89 bits per heavy atom. The van der Waals surface area contributed by atoms with Crippen LogP contribution in [0.2, 0.25) is 0 Å². The average Bonchev–Trinajstić information content (AvgIpc) is 2.65. The molecule has 0 saturated heterocycles. The standard InChI is InChI=1S/C18H20F3N3O3/c1-26-10-8-23-17(25)13-6-7-16(24-12-13)22-9-11-27-15-5-3-2-4-14(15)18(19,20)21/h2-7,12H,8-11H2,1H3,(H,22,24)(H,23,25). The van der Waals surface area contributed by atoms with Crippen molar-refractivity contribution in [2.24, 2.45) is 0 Å². The zero-order chi connectivity index (χ0) is 19.7. The molecule has 2 rings (SSSR count). The van der Waals surface area contributed by atoms with Crippen molar-refractivity contribution < 1.29 is 27.4 Å². The molecule has 0 saturated carbocycles. The summed E-state index contributed by atoms with van der Waals surface area (Å²) in [6.07, 6.45) is -3.06. The first-order valence-electron chi connectivity index (χ1n) is 8.18. The maximum Gasteiger partial charge on any atom is 0.419 e. The summed E-state index contributed by atoms with van der Waals surface area (Å²) in [6, 6.07) is 8.24. The topological polar surface area (TPSA) is 72.5 Å². The van der Waals surface area contributed by atoms with Gasteiger partial charge in [0.05, 0.1) is 24.3 Å². The highest BCUT2D eigenvalue weighted by Gasteiger charge is 2.33. The molecule has 0 unspecified atom stereocenters. The molecule has 0 fully saturated rings. The summed E-state index contributed by atoms with van der Waals surface area (Å²) in [7, 11) is 1.54. The lowest BCUT2D eigenvalue weighted by atomic mass is 10.2. The number of nitrogens with one attached hydrogen (secondary N) is 2. The molecule has 27 heavy (non-hydrogen) atoms. The molecule has 2 aromatic rings. The number of methoxy groups -OCH3 is 1. The number of anilines is 1. The lowest BCUT2D eigenvalue weighted by Crippen LogP contribution is -2.27. The zero-order valence-corrected chi connectivity index (χ0v) is 14.7. The number of pyridine rings is 1. The zero-order valence-electron chi connectivity index (χ0n) is 14.7.